The summed E-state index contributed by atoms with van der Waals surface area (Å²) in [5, 5.41) is 4.72. The van der Waals surface area contributed by atoms with E-state index >= 15 is 0 Å². The number of allylic oxidation sites excluding steroid dienone is 1. The van der Waals surface area contributed by atoms with E-state index in [0.29, 0.717) is 18.6 Å². The Morgan fingerprint density at radius 1 is 1.35 bits per heavy atom. The Kier molecular flexibility index (Phi) is 3.21. The van der Waals surface area contributed by atoms with Crippen molar-refractivity contribution in [1.82, 2.24) is 15.1 Å². The predicted octanol–water partition coefficient (Wildman–Crippen LogP) is -1.62. The van der Waals surface area contributed by atoms with Crippen molar-refractivity contribution < 1.29 is 16.8 Å². The molecule has 0 saturated carbocycles. The summed E-state index contributed by atoms with van der Waals surface area (Å²) in [7, 11) is -6.63. The lowest BCUT2D eigenvalue weighted by Crippen LogP contribution is -2.51. The van der Waals surface area contributed by atoms with Gasteiger partial charge >= 0.3 is 0 Å². The maximum Gasteiger partial charge on any atom is 0.269 e. The second-order valence-electron chi connectivity index (χ2n) is 3.80. The predicted molar refractivity (Wildman–Crippen MR) is 61.7 cm³/mol. The summed E-state index contributed by atoms with van der Waals surface area (Å²) in [6.07, 6.45) is 2.30. The van der Waals surface area contributed by atoms with Crippen LogP contribution in [0.25, 0.3) is 0 Å². The number of hydrogen-bond acceptors (Lipinski definition) is 6. The highest BCUT2D eigenvalue weighted by molar-refractivity contribution is 7.92. The van der Waals surface area contributed by atoms with Crippen molar-refractivity contribution in [3.8, 4) is 0 Å². The van der Waals surface area contributed by atoms with Crippen LogP contribution in [0.3, 0.4) is 0 Å². The topological polar surface area (TPSA) is 117 Å². The average molecular weight is 280 g/mol. The number of hydrazine groups is 1. The smallest absolute Gasteiger partial charge is 0.241 e. The molecule has 17 heavy (non-hydrogen) atoms. The lowest BCUT2D eigenvalue weighted by atomic mass is 10.1. The van der Waals surface area contributed by atoms with E-state index in [1.165, 1.54) is 6.08 Å². The molecule has 10 heteroatoms. The first-order chi connectivity index (χ1) is 7.86. The zero-order valence-corrected chi connectivity index (χ0v) is 10.4. The normalized spacial score (nSPS) is 30.4. The van der Waals surface area contributed by atoms with E-state index < -0.39 is 20.0 Å². The molecule has 0 aromatic carbocycles. The van der Waals surface area contributed by atoms with Crippen LogP contribution in [0.2, 0.25) is 0 Å². The molecule has 1 fully saturated rings. The van der Waals surface area contributed by atoms with Crippen LogP contribution in [0.15, 0.2) is 16.6 Å². The number of hydrogen-bond donors (Lipinski definition) is 3. The molecule has 2 heterocycles. The second-order valence-corrected chi connectivity index (χ2v) is 7.18. The fourth-order valence-corrected chi connectivity index (χ4v) is 3.16. The third-order valence-corrected chi connectivity index (χ3v) is 4.41. The van der Waals surface area contributed by atoms with Crippen molar-refractivity contribution >= 4 is 25.8 Å². The monoisotopic (exact) mass is 280 g/mol. The van der Waals surface area contributed by atoms with Crippen molar-refractivity contribution in [3.05, 3.63) is 11.5 Å². The quantitative estimate of drug-likeness (QED) is 0.562. The number of nitrogens with zero attached hydrogens (tertiary/aromatic N) is 1. The zero-order chi connectivity index (χ0) is 12.5. The molecule has 0 spiro atoms. The Hall–Kier alpha value is -0.970. The van der Waals surface area contributed by atoms with E-state index in [2.05, 4.69) is 15.4 Å². The lowest BCUT2D eigenvalue weighted by molar-refractivity contribution is 0.447. The molecule has 2 aliphatic heterocycles. The minimum absolute atomic E-state index is 0.0490. The van der Waals surface area contributed by atoms with Gasteiger partial charge in [-0.1, -0.05) is 0 Å². The van der Waals surface area contributed by atoms with Gasteiger partial charge in [0.1, 0.15) is 0 Å². The number of sulfonamides is 2. The van der Waals surface area contributed by atoms with Gasteiger partial charge in [-0.15, -0.1) is 0 Å². The van der Waals surface area contributed by atoms with Crippen LogP contribution < -0.4 is 15.1 Å². The van der Waals surface area contributed by atoms with Gasteiger partial charge in [0.05, 0.1) is 16.9 Å². The minimum Gasteiger partial charge on any atom is -0.241 e. The molecule has 8 nitrogen and oxygen atoms in total. The maximum absolute atomic E-state index is 11.1. The van der Waals surface area contributed by atoms with Gasteiger partial charge in [0, 0.05) is 12.5 Å². The number of hydrazone groups is 1. The van der Waals surface area contributed by atoms with Gasteiger partial charge in [-0.3, -0.25) is 0 Å². The maximum atomic E-state index is 11.1. The van der Waals surface area contributed by atoms with Crippen LogP contribution in [-0.4, -0.2) is 34.3 Å². The van der Waals surface area contributed by atoms with E-state index in [1.807, 2.05) is 4.83 Å². The Balaban J connectivity index is 1.92. The Bertz CT molecular complexity index is 549. The van der Waals surface area contributed by atoms with E-state index in [1.54, 1.807) is 0 Å². The highest BCUT2D eigenvalue weighted by atomic mass is 32.2. The van der Waals surface area contributed by atoms with Crippen LogP contribution in [0, 0.1) is 0 Å². The molecule has 96 valence electrons. The summed E-state index contributed by atoms with van der Waals surface area (Å²) >= 11 is 0. The standard InChI is InChI=1S/C7H12N4O4S2/c12-16(13)3-1-6(8-10-16)5-7-2-4-17(14,15)11-9-7/h1,3,7,9-11H,2,4-5H2. The lowest BCUT2D eigenvalue weighted by Gasteiger charge is -2.24. The third kappa shape index (κ3) is 3.49. The van der Waals surface area contributed by atoms with Gasteiger partial charge in [0.15, 0.2) is 0 Å². The summed E-state index contributed by atoms with van der Waals surface area (Å²) in [5.41, 5.74) is 3.20. The summed E-state index contributed by atoms with van der Waals surface area (Å²) < 4.78 is 44.1. The number of rotatable bonds is 2. The van der Waals surface area contributed by atoms with E-state index in [4.69, 9.17) is 0 Å². The molecule has 0 amide bonds. The van der Waals surface area contributed by atoms with Gasteiger partial charge in [-0.25, -0.2) is 27.1 Å². The third-order valence-electron chi connectivity index (χ3n) is 2.37. The van der Waals surface area contributed by atoms with Crippen molar-refractivity contribution in [2.45, 2.75) is 18.9 Å². The van der Waals surface area contributed by atoms with Gasteiger partial charge < -0.3 is 0 Å². The second kappa shape index (κ2) is 4.37. The molecular formula is C7H12N4O4S2. The zero-order valence-electron chi connectivity index (χ0n) is 8.75. The van der Waals surface area contributed by atoms with E-state index in [0.717, 1.165) is 5.41 Å². The molecule has 3 N–H and O–H groups in total. The fraction of sp³-hybridized carbons (Fsp3) is 0.571. The van der Waals surface area contributed by atoms with Crippen LogP contribution in [-0.2, 0) is 20.0 Å². The van der Waals surface area contributed by atoms with Crippen LogP contribution in [0.5, 0.6) is 0 Å². The molecule has 1 saturated heterocycles. The first kappa shape index (κ1) is 12.5. The SMILES string of the molecule is O=S1(=O)C=CC(CC2CCS(=O)(=O)NN2)=NN1. The Morgan fingerprint density at radius 2 is 2.12 bits per heavy atom. The molecule has 2 aliphatic rings. The van der Waals surface area contributed by atoms with Crippen molar-refractivity contribution in [1.29, 1.82) is 0 Å². The van der Waals surface area contributed by atoms with Crippen molar-refractivity contribution in [2.75, 3.05) is 5.75 Å². The molecule has 0 aromatic heterocycles. The van der Waals surface area contributed by atoms with Crippen LogP contribution >= 0.6 is 0 Å². The minimum atomic E-state index is -3.43. The molecule has 1 atom stereocenters. The summed E-state index contributed by atoms with van der Waals surface area (Å²) in [6, 6.07) is -0.0930. The van der Waals surface area contributed by atoms with Gasteiger partial charge in [0.25, 0.3) is 10.0 Å². The molecule has 0 bridgehead atoms. The van der Waals surface area contributed by atoms with Crippen LogP contribution in [0.4, 0.5) is 0 Å². The Morgan fingerprint density at radius 3 is 2.65 bits per heavy atom. The van der Waals surface area contributed by atoms with Gasteiger partial charge in [-0.2, -0.15) is 9.93 Å². The van der Waals surface area contributed by atoms with Crippen molar-refractivity contribution in [3.63, 3.8) is 0 Å². The highest BCUT2D eigenvalue weighted by Gasteiger charge is 2.23. The average Bonchev–Trinajstić information content (AvgIpc) is 2.24. The molecule has 0 radical (unpaired) electrons. The summed E-state index contributed by atoms with van der Waals surface area (Å²) in [4.78, 5) is 4.24. The summed E-state index contributed by atoms with van der Waals surface area (Å²) in [5.74, 6) is 0.0490. The first-order valence-electron chi connectivity index (χ1n) is 4.88. The Labute approximate surface area is 99.2 Å². The van der Waals surface area contributed by atoms with Gasteiger partial charge in [-0.05, 0) is 12.5 Å². The molecule has 2 rings (SSSR count). The molecular weight excluding hydrogens is 268 g/mol. The highest BCUT2D eigenvalue weighted by Crippen LogP contribution is 2.09. The largest absolute Gasteiger partial charge is 0.269 e. The van der Waals surface area contributed by atoms with E-state index in [9.17, 15) is 16.8 Å². The van der Waals surface area contributed by atoms with Crippen molar-refractivity contribution in [2.24, 2.45) is 5.10 Å². The van der Waals surface area contributed by atoms with E-state index in [-0.39, 0.29) is 11.8 Å². The van der Waals surface area contributed by atoms with Crippen LogP contribution in [0.1, 0.15) is 12.8 Å². The number of nitrogens with one attached hydrogen (secondary N) is 3. The molecule has 1 unspecified atom stereocenters. The molecule has 0 aromatic rings. The summed E-state index contributed by atoms with van der Waals surface area (Å²) in [6.45, 7) is 0. The van der Waals surface area contributed by atoms with Gasteiger partial charge in [0.2, 0.25) is 10.0 Å². The first-order valence-corrected chi connectivity index (χ1v) is 8.08. The molecule has 0 aliphatic carbocycles. The fourth-order valence-electron chi connectivity index (χ4n) is 1.47.